The van der Waals surface area contributed by atoms with Gasteiger partial charge in [0.1, 0.15) is 0 Å². The average molecular weight is 233 g/mol. The molecule has 0 heterocycles. The van der Waals surface area contributed by atoms with Gasteiger partial charge in [0.05, 0.1) is 17.4 Å². The summed E-state index contributed by atoms with van der Waals surface area (Å²) in [7, 11) is 0. The van der Waals surface area contributed by atoms with Crippen LogP contribution in [-0.2, 0) is 14.3 Å². The van der Waals surface area contributed by atoms with Gasteiger partial charge in [-0.3, -0.25) is 9.59 Å². The quantitative estimate of drug-likeness (QED) is 0.417. The Kier molecular flexibility index (Phi) is 4.14. The number of ether oxygens (including phenoxy) is 1. The third-order valence-corrected chi connectivity index (χ3v) is 3.23. The summed E-state index contributed by atoms with van der Waals surface area (Å²) in [6, 6.07) is 0. The molecular formula is C11H17ClO3. The fourth-order valence-electron chi connectivity index (χ4n) is 1.82. The van der Waals surface area contributed by atoms with Crippen molar-refractivity contribution in [3.05, 3.63) is 0 Å². The molecule has 86 valence electrons. The summed E-state index contributed by atoms with van der Waals surface area (Å²) in [4.78, 5) is 22.4. The summed E-state index contributed by atoms with van der Waals surface area (Å²) >= 11 is 6.07. The van der Waals surface area contributed by atoms with Crippen LogP contribution in [0.4, 0.5) is 0 Å². The Labute approximate surface area is 95.1 Å². The van der Waals surface area contributed by atoms with Crippen LogP contribution in [0.2, 0.25) is 0 Å². The van der Waals surface area contributed by atoms with Gasteiger partial charge in [-0.05, 0) is 26.7 Å². The molecule has 0 saturated heterocycles. The van der Waals surface area contributed by atoms with Crippen LogP contribution in [0.15, 0.2) is 0 Å². The number of hydrogen-bond acceptors (Lipinski definition) is 3. The van der Waals surface area contributed by atoms with Gasteiger partial charge in [-0.15, -0.1) is 11.6 Å². The first kappa shape index (κ1) is 12.5. The van der Waals surface area contributed by atoms with Crippen molar-refractivity contribution >= 4 is 23.4 Å². The number of esters is 1. The second-order valence-electron chi connectivity index (χ2n) is 4.17. The van der Waals surface area contributed by atoms with Gasteiger partial charge >= 0.3 is 5.97 Å². The highest BCUT2D eigenvalue weighted by molar-refractivity contribution is 6.35. The van der Waals surface area contributed by atoms with Crippen LogP contribution < -0.4 is 0 Å². The molecule has 3 nitrogen and oxygen atoms in total. The number of ketones is 1. The first-order valence-corrected chi connectivity index (χ1v) is 5.74. The molecule has 15 heavy (non-hydrogen) atoms. The molecule has 1 aliphatic rings. The smallest absolute Gasteiger partial charge is 0.309 e. The number of hydrogen-bond donors (Lipinski definition) is 0. The van der Waals surface area contributed by atoms with Crippen LogP contribution in [0.25, 0.3) is 0 Å². The van der Waals surface area contributed by atoms with E-state index in [1.165, 1.54) is 0 Å². The van der Waals surface area contributed by atoms with E-state index in [1.807, 2.05) is 0 Å². The molecule has 1 saturated carbocycles. The molecule has 0 spiro atoms. The molecule has 0 bridgehead atoms. The minimum atomic E-state index is -0.790. The minimum Gasteiger partial charge on any atom is -0.466 e. The molecule has 1 aliphatic carbocycles. The summed E-state index contributed by atoms with van der Waals surface area (Å²) in [5, 5.41) is 0. The number of Topliss-reactive ketones (excluding diaryl/α,β-unsaturated/α-hetero) is 1. The van der Waals surface area contributed by atoms with Crippen molar-refractivity contribution in [3.8, 4) is 0 Å². The zero-order valence-corrected chi connectivity index (χ0v) is 9.97. The van der Waals surface area contributed by atoms with Gasteiger partial charge in [-0.2, -0.15) is 0 Å². The van der Waals surface area contributed by atoms with Gasteiger partial charge in [0.15, 0.2) is 5.78 Å². The zero-order chi connectivity index (χ0) is 11.5. The monoisotopic (exact) mass is 232 g/mol. The number of alkyl halides is 1. The zero-order valence-electron chi connectivity index (χ0n) is 9.22. The Bertz CT molecular complexity index is 261. The Hall–Kier alpha value is -0.570. The summed E-state index contributed by atoms with van der Waals surface area (Å²) in [5.41, 5.74) is 0. The molecule has 1 fully saturated rings. The van der Waals surface area contributed by atoms with Crippen LogP contribution in [0.1, 0.15) is 39.5 Å². The topological polar surface area (TPSA) is 43.4 Å². The predicted molar refractivity (Wildman–Crippen MR) is 57.9 cm³/mol. The Morgan fingerprint density at radius 3 is 2.93 bits per heavy atom. The molecular weight excluding hydrogens is 216 g/mol. The first-order valence-electron chi connectivity index (χ1n) is 5.36. The van der Waals surface area contributed by atoms with Crippen molar-refractivity contribution < 1.29 is 14.3 Å². The fourth-order valence-corrected chi connectivity index (χ4v) is 2.03. The number of carbonyl (C=O) groups excluding carboxylic acids is 2. The highest BCUT2D eigenvalue weighted by Gasteiger charge is 2.37. The number of halogens is 1. The summed E-state index contributed by atoms with van der Waals surface area (Å²) in [6.07, 6.45) is 2.37. The van der Waals surface area contributed by atoms with Crippen molar-refractivity contribution in [3.63, 3.8) is 0 Å². The molecule has 0 aliphatic heterocycles. The highest BCUT2D eigenvalue weighted by atomic mass is 35.5. The van der Waals surface area contributed by atoms with Crippen molar-refractivity contribution in [2.75, 3.05) is 6.61 Å². The van der Waals surface area contributed by atoms with E-state index in [2.05, 4.69) is 0 Å². The molecule has 0 aromatic heterocycles. The maximum absolute atomic E-state index is 11.7. The second kappa shape index (κ2) is 4.97. The van der Waals surface area contributed by atoms with E-state index >= 15 is 0 Å². The normalized spacial score (nSPS) is 32.2. The van der Waals surface area contributed by atoms with Crippen molar-refractivity contribution in [2.45, 2.75) is 44.4 Å². The lowest BCUT2D eigenvalue weighted by atomic mass is 9.97. The largest absolute Gasteiger partial charge is 0.466 e. The molecule has 0 N–H and O–H groups in total. The maximum Gasteiger partial charge on any atom is 0.309 e. The molecule has 0 aromatic rings. The Morgan fingerprint density at radius 1 is 1.67 bits per heavy atom. The number of carbonyl (C=O) groups is 2. The van der Waals surface area contributed by atoms with Gasteiger partial charge in [0.25, 0.3) is 0 Å². The van der Waals surface area contributed by atoms with Gasteiger partial charge in [0.2, 0.25) is 0 Å². The van der Waals surface area contributed by atoms with Crippen molar-refractivity contribution in [1.29, 1.82) is 0 Å². The van der Waals surface area contributed by atoms with E-state index in [9.17, 15) is 9.59 Å². The van der Waals surface area contributed by atoms with Gasteiger partial charge in [-0.25, -0.2) is 0 Å². The second-order valence-corrected chi connectivity index (χ2v) is 5.00. The van der Waals surface area contributed by atoms with E-state index in [1.54, 1.807) is 13.8 Å². The third-order valence-electron chi connectivity index (χ3n) is 2.83. The predicted octanol–water partition coefficient (Wildman–Crippen LogP) is 2.31. The number of rotatable bonds is 2. The standard InChI is InChI=1S/C11H17ClO3/c1-3-15-10(14)8-5-4-6-11(2,12)9(13)7-8/h8H,3-7H2,1-2H3/t8-,11+/m1/s1. The van der Waals surface area contributed by atoms with Gasteiger partial charge < -0.3 is 4.74 Å². The minimum absolute atomic E-state index is 0.0419. The molecule has 0 radical (unpaired) electrons. The Morgan fingerprint density at radius 2 is 2.33 bits per heavy atom. The lowest BCUT2D eigenvalue weighted by Crippen LogP contribution is -2.29. The Balaban J connectivity index is 2.64. The van der Waals surface area contributed by atoms with Gasteiger partial charge in [0, 0.05) is 6.42 Å². The molecule has 4 heteroatoms. The first-order chi connectivity index (χ1) is 6.97. The van der Waals surface area contributed by atoms with E-state index < -0.39 is 4.87 Å². The van der Waals surface area contributed by atoms with E-state index in [0.717, 1.165) is 6.42 Å². The summed E-state index contributed by atoms with van der Waals surface area (Å²) in [6.45, 7) is 3.86. The molecule has 0 unspecified atom stereocenters. The van der Waals surface area contributed by atoms with Crippen molar-refractivity contribution in [1.82, 2.24) is 0 Å². The average Bonchev–Trinajstić information content (AvgIpc) is 2.27. The molecule has 2 atom stereocenters. The molecule has 0 aromatic carbocycles. The lowest BCUT2D eigenvalue weighted by Gasteiger charge is -2.17. The van der Waals surface area contributed by atoms with Crippen LogP contribution in [0, 0.1) is 5.92 Å². The lowest BCUT2D eigenvalue weighted by molar-refractivity contribution is -0.149. The highest BCUT2D eigenvalue weighted by Crippen LogP contribution is 2.32. The summed E-state index contributed by atoms with van der Waals surface area (Å²) < 4.78 is 4.92. The van der Waals surface area contributed by atoms with E-state index in [4.69, 9.17) is 16.3 Å². The van der Waals surface area contributed by atoms with Gasteiger partial charge in [-0.1, -0.05) is 6.42 Å². The van der Waals surface area contributed by atoms with Crippen LogP contribution >= 0.6 is 11.6 Å². The van der Waals surface area contributed by atoms with E-state index in [0.29, 0.717) is 19.4 Å². The van der Waals surface area contributed by atoms with Crippen molar-refractivity contribution in [2.24, 2.45) is 5.92 Å². The summed E-state index contributed by atoms with van der Waals surface area (Å²) in [5.74, 6) is -0.599. The van der Waals surface area contributed by atoms with Crippen LogP contribution in [-0.4, -0.2) is 23.2 Å². The maximum atomic E-state index is 11.7. The van der Waals surface area contributed by atoms with Crippen LogP contribution in [0.5, 0.6) is 0 Å². The van der Waals surface area contributed by atoms with Crippen LogP contribution in [0.3, 0.4) is 0 Å². The molecule has 0 amide bonds. The SMILES string of the molecule is CCOC(=O)[C@@H]1CCC[C@](C)(Cl)C(=O)C1. The third kappa shape index (κ3) is 3.20. The fraction of sp³-hybridized carbons (Fsp3) is 0.818. The van der Waals surface area contributed by atoms with E-state index in [-0.39, 0.29) is 24.1 Å². The molecule has 1 rings (SSSR count).